The van der Waals surface area contributed by atoms with Crippen molar-refractivity contribution in [3.8, 4) is 0 Å². The third kappa shape index (κ3) is 35.7. The van der Waals surface area contributed by atoms with Gasteiger partial charge in [0.15, 0.2) is 5.78 Å². The monoisotopic (exact) mass is 1920 g/mol. The number of ketones is 1. The fourth-order valence-corrected chi connectivity index (χ4v) is 14.8. The molecule has 137 heavy (non-hydrogen) atoms. The molecule has 3 heterocycles. The number of amides is 15. The molecule has 5 aromatic rings. The standard InChI is InChI=1S/C90H118FN19O27/c1-5-6-7-8-9-10-11-22-70(114)100-61(37-53-44-95-59-20-15-13-17-56(53)59)83(129)103-62(39-69(93)113)84(130)105-65(42-76(123)124)85(131)108-78-50(4)137-90(136)66(38-68(112)57-18-12-14-19-58(57)92)106-88(134)77(48(2)36-73(117)118)107-86(132)67(47-111)101-72(116)45-96-80(126)63(40-74(119)120)102-79(125)49(3)98-82(128)64(41-75(121)122)104-81(127)60(99-71(115)46-97-87(78)133)21-16-31-94-43-51-23-25-52(26-24-51)89(135)110-34-32-109(33-35-110)55-29-27-54(91)28-30-55/h12-15,17-20,23-30,44,48-50,60-67,77-78,94-95,111H,5-11,16,21-22,31-43,45-47,92H2,1-4H3,(H2,93,113)(H,96,126)(H,97,133)(H,98,128)(H,99,115)(H,100,114)(H,101,116)(H,102,125)(H,103,129)(H,104,127)(H,105,130)(H,106,134)(H,107,132)(H,108,131)(H,117,118)(H,119,120)(H,121,122)(H,123,124)/t48-,49-,50?,60+,61+,62+,63+,64?,65+,66+,67-,77?,78?/m1/s1. The summed E-state index contributed by atoms with van der Waals surface area (Å²) < 4.78 is 19.4. The van der Waals surface area contributed by atoms with Gasteiger partial charge in [-0.3, -0.25) is 95.9 Å². The lowest BCUT2D eigenvalue weighted by atomic mass is 9.96. The Kier molecular flexibility index (Phi) is 43.2. The summed E-state index contributed by atoms with van der Waals surface area (Å²) in [6, 6.07) is 1.55. The van der Waals surface area contributed by atoms with Crippen LogP contribution in [0.3, 0.4) is 0 Å². The highest BCUT2D eigenvalue weighted by atomic mass is 19.1. The number of anilines is 2. The SMILES string of the molecule is CCCCCCCCCC(=O)N[C@@H](Cc1c[nH]c2ccccc12)C(=O)N[C@@H](CC(N)=O)C(=O)N[C@@H](CC(=O)O)C(=O)NC1C(=O)NCC(=O)N[C@@H](CCCNCc2ccc(C(=O)N3CCN(c4ccc(F)cc4)CC3)cc2)C(=O)NC(CC(=O)O)C(=O)N[C@H](C)C(=O)N[C@@H](CC(=O)O)C(=O)NCC(=O)N[C@H](CO)C(=O)NC([C@H](C)CC(=O)O)C(=O)N[C@@H](CC(=O)c2ccccc2N)C(=O)OC1C. The summed E-state index contributed by atoms with van der Waals surface area (Å²) >= 11 is 0. The van der Waals surface area contributed by atoms with Crippen molar-refractivity contribution in [3.05, 3.63) is 131 Å². The van der Waals surface area contributed by atoms with Gasteiger partial charge in [0.25, 0.3) is 5.91 Å². The number of aliphatic hydroxyl groups excluding tert-OH is 1. The van der Waals surface area contributed by atoms with Crippen molar-refractivity contribution in [2.24, 2.45) is 11.7 Å². The first kappa shape index (κ1) is 109. The number of aliphatic hydroxyl groups is 1. The largest absolute Gasteiger partial charge is 0.481 e. The zero-order valence-corrected chi connectivity index (χ0v) is 75.8. The number of halogens is 1. The maximum Gasteiger partial charge on any atom is 0.329 e. The van der Waals surface area contributed by atoms with E-state index in [1.807, 2.05) is 15.5 Å². The number of carbonyl (C=O) groups is 21. The summed E-state index contributed by atoms with van der Waals surface area (Å²) in [6.45, 7) is 3.03. The fourth-order valence-electron chi connectivity index (χ4n) is 14.8. The molecule has 24 N–H and O–H groups in total. The number of aliphatic carboxylic acids is 4. The number of esters is 1. The van der Waals surface area contributed by atoms with Crippen molar-refractivity contribution >= 4 is 147 Å². The number of aromatic amines is 1. The molecule has 0 radical (unpaired) electrons. The second kappa shape index (κ2) is 54.3. The van der Waals surface area contributed by atoms with Gasteiger partial charge in [-0.1, -0.05) is 94.8 Å². The summed E-state index contributed by atoms with van der Waals surface area (Å²) in [4.78, 5) is 298. The maximum absolute atomic E-state index is 15.1. The summed E-state index contributed by atoms with van der Waals surface area (Å²) in [5, 5.41) is 83.0. The number of H-pyrrole nitrogens is 1. The number of carboxylic acid groups (broad SMARTS) is 4. The van der Waals surface area contributed by atoms with Crippen molar-refractivity contribution in [1.82, 2.24) is 84.3 Å². The fraction of sp³-hybridized carbons (Fsp3) is 0.478. The first-order chi connectivity index (χ1) is 65.1. The van der Waals surface area contributed by atoms with E-state index in [0.717, 1.165) is 58.6 Å². The number of unbranched alkanes of at least 4 members (excludes halogenated alkanes) is 6. The number of hydrogen-bond donors (Lipinski definition) is 22. The number of ether oxygens (including phenoxy) is 1. The summed E-state index contributed by atoms with van der Waals surface area (Å²) in [7, 11) is 0. The summed E-state index contributed by atoms with van der Waals surface area (Å²) in [5.74, 6) is -30.7. The predicted molar refractivity (Wildman–Crippen MR) is 484 cm³/mol. The number of primary amides is 1. The van der Waals surface area contributed by atoms with Crippen molar-refractivity contribution < 1.29 is 135 Å². The second-order valence-electron chi connectivity index (χ2n) is 33.1. The molecular formula is C90H118FN19O27. The number of nitrogens with zero attached hydrogens (tertiary/aromatic N) is 2. The number of fused-ring (bicyclic) bond motifs is 1. The maximum atomic E-state index is 15.1. The number of carboxylic acids is 4. The van der Waals surface area contributed by atoms with Crippen LogP contribution < -0.4 is 90.8 Å². The van der Waals surface area contributed by atoms with Crippen molar-refractivity contribution in [2.45, 2.75) is 216 Å². The van der Waals surface area contributed by atoms with E-state index in [1.165, 1.54) is 36.4 Å². The number of nitrogen functional groups attached to an aromatic ring is 1. The molecular weight excluding hydrogens is 1800 g/mol. The predicted octanol–water partition coefficient (Wildman–Crippen LogP) is -2.69. The van der Waals surface area contributed by atoms with Crippen LogP contribution in [-0.2, 0) is 109 Å². The minimum atomic E-state index is -2.49. The van der Waals surface area contributed by atoms with Gasteiger partial charge < -0.3 is 131 Å². The average Bonchev–Trinajstić information content (AvgIpc) is 1.67. The molecule has 2 saturated heterocycles. The zero-order valence-electron chi connectivity index (χ0n) is 75.8. The van der Waals surface area contributed by atoms with Gasteiger partial charge in [-0.05, 0) is 111 Å². The third-order valence-corrected chi connectivity index (χ3v) is 22.3. The summed E-state index contributed by atoms with van der Waals surface area (Å²) in [5.41, 5.74) is 14.2. The molecule has 0 spiro atoms. The average molecular weight is 1920 g/mol. The van der Waals surface area contributed by atoms with Gasteiger partial charge in [0.2, 0.25) is 82.7 Å². The van der Waals surface area contributed by atoms with E-state index in [-0.39, 0.29) is 49.5 Å². The number of hydrogen-bond acceptors (Lipinski definition) is 26. The van der Waals surface area contributed by atoms with Crippen LogP contribution >= 0.6 is 0 Å². The number of nitrogens with two attached hydrogens (primary N) is 2. The summed E-state index contributed by atoms with van der Waals surface area (Å²) in [6.07, 6.45) is -2.65. The van der Waals surface area contributed by atoms with Crippen LogP contribution in [0.2, 0.25) is 0 Å². The van der Waals surface area contributed by atoms with Crippen LogP contribution in [0.4, 0.5) is 15.8 Å². The number of piperazine rings is 1. The van der Waals surface area contributed by atoms with Gasteiger partial charge in [0.05, 0.1) is 51.8 Å². The highest BCUT2D eigenvalue weighted by Gasteiger charge is 2.42. The molecule has 1 aromatic heterocycles. The molecule has 4 aromatic carbocycles. The number of cyclic esters (lactones) is 1. The number of Topliss-reactive ketones (excluding diaryl/α,β-unsaturated/α-hetero) is 1. The van der Waals surface area contributed by atoms with E-state index < -0.39 is 267 Å². The molecule has 2 aliphatic heterocycles. The van der Waals surface area contributed by atoms with Gasteiger partial charge in [-0.25, -0.2) is 9.18 Å². The quantitative estimate of drug-likeness (QED) is 0.00822. The number of benzene rings is 4. The van der Waals surface area contributed by atoms with Crippen LogP contribution in [-0.4, -0.2) is 285 Å². The molecule has 47 heteroatoms. The number of para-hydroxylation sites is 2. The van der Waals surface area contributed by atoms with Crippen LogP contribution in [0.5, 0.6) is 0 Å². The third-order valence-electron chi connectivity index (χ3n) is 22.3. The topological polar surface area (TPSA) is 712 Å². The molecule has 15 amide bonds. The molecule has 4 unspecified atom stereocenters. The van der Waals surface area contributed by atoms with E-state index in [4.69, 9.17) is 16.2 Å². The van der Waals surface area contributed by atoms with Crippen molar-refractivity contribution in [2.75, 3.05) is 63.1 Å². The van der Waals surface area contributed by atoms with Crippen LogP contribution in [0, 0.1) is 11.7 Å². The lowest BCUT2D eigenvalue weighted by Crippen LogP contribution is -2.62. The normalized spacial score (nSPS) is 20.3. The lowest BCUT2D eigenvalue weighted by Gasteiger charge is -2.36. The first-order valence-corrected chi connectivity index (χ1v) is 44.5. The van der Waals surface area contributed by atoms with E-state index in [9.17, 15) is 116 Å². The number of rotatable bonds is 40. The van der Waals surface area contributed by atoms with E-state index in [2.05, 4.69) is 75.7 Å². The number of carbonyl (C=O) groups excluding carboxylic acids is 17. The number of aromatic nitrogens is 1. The Bertz CT molecular complexity index is 5170. The molecule has 0 aliphatic carbocycles. The Balaban J connectivity index is 1.25. The highest BCUT2D eigenvalue weighted by molar-refractivity contribution is 6.05. The van der Waals surface area contributed by atoms with Crippen molar-refractivity contribution in [1.29, 1.82) is 0 Å². The van der Waals surface area contributed by atoms with Crippen LogP contribution in [0.1, 0.15) is 162 Å². The van der Waals surface area contributed by atoms with E-state index in [1.54, 1.807) is 71.8 Å². The molecule has 2 fully saturated rings. The molecule has 0 saturated carbocycles. The Labute approximate surface area is 784 Å². The van der Waals surface area contributed by atoms with Crippen LogP contribution in [0.15, 0.2) is 103 Å². The Hall–Kier alpha value is -15.1. The van der Waals surface area contributed by atoms with Gasteiger partial charge >= 0.3 is 29.8 Å². The van der Waals surface area contributed by atoms with Gasteiger partial charge in [0, 0.05) is 91.6 Å². The molecule has 0 bridgehead atoms. The number of nitrogens with one attached hydrogen (secondary N) is 15. The minimum Gasteiger partial charge on any atom is -0.481 e. The molecule has 2 aliphatic rings. The zero-order chi connectivity index (χ0) is 101. The van der Waals surface area contributed by atoms with Gasteiger partial charge in [0.1, 0.15) is 78.4 Å². The Morgan fingerprint density at radius 3 is 1.73 bits per heavy atom. The Morgan fingerprint density at radius 2 is 1.11 bits per heavy atom. The molecule has 7 rings (SSSR count). The smallest absolute Gasteiger partial charge is 0.329 e. The van der Waals surface area contributed by atoms with Crippen LogP contribution in [0.25, 0.3) is 10.9 Å². The van der Waals surface area contributed by atoms with Gasteiger partial charge in [-0.2, -0.15) is 0 Å². The first-order valence-electron chi connectivity index (χ1n) is 44.5. The van der Waals surface area contributed by atoms with Crippen molar-refractivity contribution in [3.63, 3.8) is 0 Å². The lowest BCUT2D eigenvalue weighted by molar-refractivity contribution is -0.156. The highest BCUT2D eigenvalue weighted by Crippen LogP contribution is 2.24. The van der Waals surface area contributed by atoms with Gasteiger partial charge in [-0.15, -0.1) is 0 Å². The molecule has 46 nitrogen and oxygen atoms in total. The second-order valence-corrected chi connectivity index (χ2v) is 33.1. The Morgan fingerprint density at radius 1 is 0.547 bits per heavy atom. The molecule has 13 atom stereocenters. The molecule has 742 valence electrons. The minimum absolute atomic E-state index is 0.00708. The van der Waals surface area contributed by atoms with E-state index >= 15 is 14.4 Å². The van der Waals surface area contributed by atoms with E-state index in [0.29, 0.717) is 66.6 Å².